The minimum Gasteiger partial charge on any atom is -0.357 e. The highest BCUT2D eigenvalue weighted by atomic mass is 16.2. The lowest BCUT2D eigenvalue weighted by molar-refractivity contribution is -0.117. The van der Waals surface area contributed by atoms with Crippen LogP contribution in [-0.2, 0) is 11.3 Å². The fourth-order valence-corrected chi connectivity index (χ4v) is 3.87. The number of aromatic nitrogens is 1. The number of nitrogens with zero attached hydrogens (tertiary/aromatic N) is 3. The Morgan fingerprint density at radius 2 is 1.79 bits per heavy atom. The van der Waals surface area contributed by atoms with Gasteiger partial charge in [0.25, 0.3) is 0 Å². The van der Waals surface area contributed by atoms with Crippen LogP contribution in [0.5, 0.6) is 0 Å². The van der Waals surface area contributed by atoms with E-state index in [0.29, 0.717) is 18.7 Å². The molecule has 4 rings (SSSR count). The van der Waals surface area contributed by atoms with Crippen LogP contribution in [0, 0.1) is 0 Å². The van der Waals surface area contributed by atoms with Gasteiger partial charge in [-0.1, -0.05) is 0 Å². The lowest BCUT2D eigenvalue weighted by atomic mass is 10.1. The van der Waals surface area contributed by atoms with Gasteiger partial charge in [-0.2, -0.15) is 0 Å². The van der Waals surface area contributed by atoms with Crippen LogP contribution in [0.15, 0.2) is 42.6 Å². The third kappa shape index (κ3) is 4.85. The zero-order valence-corrected chi connectivity index (χ0v) is 16.6. The molecule has 0 spiro atoms. The van der Waals surface area contributed by atoms with Gasteiger partial charge in [0, 0.05) is 50.2 Å². The molecule has 0 atom stereocenters. The van der Waals surface area contributed by atoms with Gasteiger partial charge in [-0.15, -0.1) is 0 Å². The number of urea groups is 1. The maximum Gasteiger partial charge on any atom is 0.319 e. The summed E-state index contributed by atoms with van der Waals surface area (Å²) in [4.78, 5) is 32.6. The number of carbonyl (C=O) groups is 2. The molecule has 0 aliphatic carbocycles. The monoisotopic (exact) mass is 393 g/mol. The molecule has 2 aliphatic heterocycles. The normalized spacial score (nSPS) is 16.8. The molecular weight excluding hydrogens is 366 g/mol. The number of benzene rings is 1. The molecule has 7 nitrogen and oxygen atoms in total. The van der Waals surface area contributed by atoms with E-state index in [1.54, 1.807) is 11.1 Å². The highest BCUT2D eigenvalue weighted by Gasteiger charge is 2.21. The zero-order valence-electron chi connectivity index (χ0n) is 16.6. The number of rotatable bonds is 5. The molecule has 152 valence electrons. The first kappa shape index (κ1) is 19.2. The lowest BCUT2D eigenvalue weighted by Crippen LogP contribution is -2.31. The summed E-state index contributed by atoms with van der Waals surface area (Å²) in [6.07, 6.45) is 7.01. The van der Waals surface area contributed by atoms with Crippen LogP contribution in [0.3, 0.4) is 0 Å². The Kier molecular flexibility index (Phi) is 5.93. The van der Waals surface area contributed by atoms with Crippen molar-refractivity contribution >= 4 is 29.1 Å². The van der Waals surface area contributed by atoms with Gasteiger partial charge in [-0.05, 0) is 67.6 Å². The Labute approximate surface area is 171 Å². The predicted octanol–water partition coefficient (Wildman–Crippen LogP) is 3.52. The summed E-state index contributed by atoms with van der Waals surface area (Å²) in [5.74, 6) is 1.14. The molecule has 2 fully saturated rings. The third-order valence-electron chi connectivity index (χ3n) is 5.45. The van der Waals surface area contributed by atoms with Gasteiger partial charge in [0.1, 0.15) is 5.82 Å². The lowest BCUT2D eigenvalue weighted by Gasteiger charge is -2.27. The first-order valence-corrected chi connectivity index (χ1v) is 10.3. The van der Waals surface area contributed by atoms with Crippen LogP contribution in [-0.4, -0.2) is 36.6 Å². The van der Waals surface area contributed by atoms with E-state index in [1.165, 1.54) is 19.3 Å². The van der Waals surface area contributed by atoms with Crippen molar-refractivity contribution in [2.75, 3.05) is 34.8 Å². The molecule has 29 heavy (non-hydrogen) atoms. The van der Waals surface area contributed by atoms with E-state index in [9.17, 15) is 9.59 Å². The first-order valence-electron chi connectivity index (χ1n) is 10.3. The summed E-state index contributed by atoms with van der Waals surface area (Å²) in [6, 6.07) is 11.1. The summed E-state index contributed by atoms with van der Waals surface area (Å²) < 4.78 is 0. The van der Waals surface area contributed by atoms with Crippen molar-refractivity contribution in [1.82, 2.24) is 10.3 Å². The number of anilines is 3. The van der Waals surface area contributed by atoms with Crippen LogP contribution in [0.25, 0.3) is 0 Å². The molecule has 0 unspecified atom stereocenters. The van der Waals surface area contributed by atoms with E-state index in [2.05, 4.69) is 20.5 Å². The van der Waals surface area contributed by atoms with Crippen molar-refractivity contribution < 1.29 is 9.59 Å². The molecular formula is C22H27N5O2. The molecule has 1 aromatic heterocycles. The average Bonchev–Trinajstić information content (AvgIpc) is 3.19. The number of hydrogen-bond donors (Lipinski definition) is 2. The van der Waals surface area contributed by atoms with Crippen LogP contribution in [0.1, 0.15) is 37.7 Å². The summed E-state index contributed by atoms with van der Waals surface area (Å²) in [7, 11) is 0. The smallest absolute Gasteiger partial charge is 0.319 e. The van der Waals surface area contributed by atoms with E-state index in [0.717, 1.165) is 43.1 Å². The number of pyridine rings is 1. The second-order valence-electron chi connectivity index (χ2n) is 7.57. The van der Waals surface area contributed by atoms with E-state index in [1.807, 2.05) is 36.4 Å². The topological polar surface area (TPSA) is 77.6 Å². The van der Waals surface area contributed by atoms with E-state index in [4.69, 9.17) is 0 Å². The molecule has 2 N–H and O–H groups in total. The van der Waals surface area contributed by atoms with Gasteiger partial charge in [0.15, 0.2) is 0 Å². The maximum absolute atomic E-state index is 12.3. The van der Waals surface area contributed by atoms with Gasteiger partial charge in [0.05, 0.1) is 0 Å². The highest BCUT2D eigenvalue weighted by molar-refractivity contribution is 5.96. The Bertz CT molecular complexity index is 862. The standard InChI is InChI=1S/C22H27N5O2/c28-21-5-4-14-27(21)19-8-6-18(7-9-19)25-22(29)24-16-17-10-11-23-20(15-17)26-12-2-1-3-13-26/h6-11,15H,1-5,12-14,16H2,(H2,24,25,29). The minimum atomic E-state index is -0.258. The van der Waals surface area contributed by atoms with Crippen LogP contribution in [0.2, 0.25) is 0 Å². The van der Waals surface area contributed by atoms with E-state index >= 15 is 0 Å². The summed E-state index contributed by atoms with van der Waals surface area (Å²) in [5, 5.41) is 5.73. The molecule has 1 aromatic carbocycles. The number of nitrogens with one attached hydrogen (secondary N) is 2. The molecule has 2 saturated heterocycles. The van der Waals surface area contributed by atoms with Crippen LogP contribution >= 0.6 is 0 Å². The fraction of sp³-hybridized carbons (Fsp3) is 0.409. The number of carbonyl (C=O) groups excluding carboxylic acids is 2. The Hall–Kier alpha value is -3.09. The van der Waals surface area contributed by atoms with Crippen molar-refractivity contribution in [3.63, 3.8) is 0 Å². The average molecular weight is 393 g/mol. The minimum absolute atomic E-state index is 0.157. The van der Waals surface area contributed by atoms with Crippen molar-refractivity contribution in [1.29, 1.82) is 0 Å². The highest BCUT2D eigenvalue weighted by Crippen LogP contribution is 2.23. The molecule has 0 radical (unpaired) electrons. The zero-order chi connectivity index (χ0) is 20.1. The number of amides is 3. The van der Waals surface area contributed by atoms with Gasteiger partial charge in [-0.3, -0.25) is 4.79 Å². The van der Waals surface area contributed by atoms with Gasteiger partial charge >= 0.3 is 6.03 Å². The second-order valence-corrected chi connectivity index (χ2v) is 7.57. The maximum atomic E-state index is 12.3. The Morgan fingerprint density at radius 3 is 2.52 bits per heavy atom. The summed E-state index contributed by atoms with van der Waals surface area (Å²) in [6.45, 7) is 3.29. The van der Waals surface area contributed by atoms with Gasteiger partial charge in [0.2, 0.25) is 5.91 Å². The first-order chi connectivity index (χ1) is 14.2. The third-order valence-corrected chi connectivity index (χ3v) is 5.45. The van der Waals surface area contributed by atoms with Crippen molar-refractivity contribution in [2.24, 2.45) is 0 Å². The Morgan fingerprint density at radius 1 is 1.00 bits per heavy atom. The van der Waals surface area contributed by atoms with E-state index in [-0.39, 0.29) is 11.9 Å². The fourth-order valence-electron chi connectivity index (χ4n) is 3.87. The molecule has 3 heterocycles. The van der Waals surface area contributed by atoms with Crippen LogP contribution < -0.4 is 20.4 Å². The summed E-state index contributed by atoms with van der Waals surface area (Å²) in [5.41, 5.74) is 2.60. The van der Waals surface area contributed by atoms with Crippen molar-refractivity contribution in [2.45, 2.75) is 38.6 Å². The molecule has 3 amide bonds. The quantitative estimate of drug-likeness (QED) is 0.815. The van der Waals surface area contributed by atoms with Crippen LogP contribution in [0.4, 0.5) is 22.0 Å². The Balaban J connectivity index is 1.29. The van der Waals surface area contributed by atoms with Crippen molar-refractivity contribution in [3.8, 4) is 0 Å². The second kappa shape index (κ2) is 8.94. The SMILES string of the molecule is O=C(NCc1ccnc(N2CCCCC2)c1)Nc1ccc(N2CCCC2=O)cc1. The van der Waals surface area contributed by atoms with E-state index < -0.39 is 0 Å². The van der Waals surface area contributed by atoms with Crippen molar-refractivity contribution in [3.05, 3.63) is 48.2 Å². The molecule has 2 aliphatic rings. The molecule has 0 saturated carbocycles. The van der Waals surface area contributed by atoms with Gasteiger partial charge in [-0.25, -0.2) is 9.78 Å². The molecule has 2 aromatic rings. The number of hydrogen-bond acceptors (Lipinski definition) is 4. The van der Waals surface area contributed by atoms with Gasteiger partial charge < -0.3 is 20.4 Å². The summed E-state index contributed by atoms with van der Waals surface area (Å²) >= 11 is 0. The predicted molar refractivity (Wildman–Crippen MR) is 114 cm³/mol. The molecule has 7 heteroatoms. The largest absolute Gasteiger partial charge is 0.357 e. The number of piperidine rings is 1. The molecule has 0 bridgehead atoms.